The van der Waals surface area contributed by atoms with E-state index in [-0.39, 0.29) is 25.7 Å². The summed E-state index contributed by atoms with van der Waals surface area (Å²) in [5, 5.41) is 0. The molecule has 1 aromatic carbocycles. The molecule has 0 radical (unpaired) electrons. The first-order chi connectivity index (χ1) is 14.5. The van der Waals surface area contributed by atoms with Crippen LogP contribution in [0, 0.1) is 0 Å². The number of carbonyl (C=O) groups is 3. The molecule has 1 aliphatic rings. The van der Waals surface area contributed by atoms with E-state index in [1.807, 2.05) is 0 Å². The molecule has 1 heterocycles. The molecule has 0 bridgehead atoms. The van der Waals surface area contributed by atoms with Gasteiger partial charge < -0.3 is 23.7 Å². The molecule has 2 atom stereocenters. The first-order valence-corrected chi connectivity index (χ1v) is 10.0. The fourth-order valence-electron chi connectivity index (χ4n) is 2.66. The molecule has 0 saturated carbocycles. The first-order valence-electron chi connectivity index (χ1n) is 10.0. The largest absolute Gasteiger partial charge is 0.465 e. The maximum atomic E-state index is 11.9. The topological polar surface area (TPSA) is 97.4 Å². The third-order valence-corrected chi connectivity index (χ3v) is 4.26. The van der Waals surface area contributed by atoms with E-state index in [1.54, 1.807) is 31.2 Å². The summed E-state index contributed by atoms with van der Waals surface area (Å²) in [5.74, 6) is -0.589. The minimum Gasteiger partial charge on any atom is -0.465 e. The van der Waals surface area contributed by atoms with E-state index in [0.717, 1.165) is 25.3 Å². The molecule has 2 unspecified atom stereocenters. The van der Waals surface area contributed by atoms with Gasteiger partial charge in [0.15, 0.2) is 6.29 Å². The quantitative estimate of drug-likeness (QED) is 0.305. The zero-order valence-corrected chi connectivity index (χ0v) is 17.2. The highest BCUT2D eigenvalue weighted by Gasteiger charge is 2.16. The van der Waals surface area contributed by atoms with E-state index >= 15 is 0 Å². The van der Waals surface area contributed by atoms with Crippen molar-refractivity contribution in [3.8, 4) is 11.5 Å². The van der Waals surface area contributed by atoms with Gasteiger partial charge in [-0.3, -0.25) is 9.59 Å². The lowest BCUT2D eigenvalue weighted by atomic mass is 10.2. The summed E-state index contributed by atoms with van der Waals surface area (Å²) in [7, 11) is 0. The second-order valence-corrected chi connectivity index (χ2v) is 6.82. The molecule has 8 heteroatoms. The van der Waals surface area contributed by atoms with Crippen molar-refractivity contribution in [1.29, 1.82) is 0 Å². The fourth-order valence-corrected chi connectivity index (χ4v) is 2.66. The Morgan fingerprint density at radius 1 is 1.13 bits per heavy atom. The van der Waals surface area contributed by atoms with Gasteiger partial charge in [-0.2, -0.15) is 0 Å². The molecule has 0 aliphatic carbocycles. The Morgan fingerprint density at radius 3 is 2.50 bits per heavy atom. The number of esters is 3. The molecule has 1 aromatic rings. The van der Waals surface area contributed by atoms with Crippen molar-refractivity contribution in [3.05, 3.63) is 36.9 Å². The van der Waals surface area contributed by atoms with Crippen LogP contribution in [0.25, 0.3) is 0 Å². The van der Waals surface area contributed by atoms with Crippen LogP contribution in [0.4, 0.5) is 0 Å². The standard InChI is InChI=1S/C22H28O8/c1-3-19(23)26-15-13-16(2)28-20(24)11-12-21(25)29-17-7-9-18(10-8-17)30-22-6-4-5-14-27-22/h3,7-10,16,22H,1,4-6,11-15H2,2H3. The van der Waals surface area contributed by atoms with Gasteiger partial charge in [-0.05, 0) is 44.0 Å². The van der Waals surface area contributed by atoms with Gasteiger partial charge in [0, 0.05) is 18.9 Å². The van der Waals surface area contributed by atoms with E-state index in [1.165, 1.54) is 0 Å². The molecule has 30 heavy (non-hydrogen) atoms. The summed E-state index contributed by atoms with van der Waals surface area (Å²) in [6, 6.07) is 6.66. The number of ether oxygens (including phenoxy) is 5. The molecule has 0 spiro atoms. The van der Waals surface area contributed by atoms with Gasteiger partial charge in [-0.15, -0.1) is 0 Å². The van der Waals surface area contributed by atoms with Gasteiger partial charge in [0.05, 0.1) is 26.1 Å². The van der Waals surface area contributed by atoms with Gasteiger partial charge >= 0.3 is 17.9 Å². The van der Waals surface area contributed by atoms with Crippen LogP contribution in [0.5, 0.6) is 11.5 Å². The van der Waals surface area contributed by atoms with Crippen molar-refractivity contribution >= 4 is 17.9 Å². The van der Waals surface area contributed by atoms with Gasteiger partial charge in [0.1, 0.15) is 17.6 Å². The lowest BCUT2D eigenvalue weighted by molar-refractivity contribution is -0.152. The Kier molecular flexibility index (Phi) is 9.86. The van der Waals surface area contributed by atoms with Crippen LogP contribution in [0.15, 0.2) is 36.9 Å². The lowest BCUT2D eigenvalue weighted by Gasteiger charge is -2.23. The highest BCUT2D eigenvalue weighted by atomic mass is 16.7. The zero-order valence-electron chi connectivity index (χ0n) is 17.2. The average molecular weight is 420 g/mol. The smallest absolute Gasteiger partial charge is 0.330 e. The molecule has 0 aromatic heterocycles. The Morgan fingerprint density at radius 2 is 1.83 bits per heavy atom. The highest BCUT2D eigenvalue weighted by molar-refractivity contribution is 5.81. The van der Waals surface area contributed by atoms with Crippen molar-refractivity contribution in [1.82, 2.24) is 0 Å². The van der Waals surface area contributed by atoms with Crippen LogP contribution < -0.4 is 9.47 Å². The van der Waals surface area contributed by atoms with Crippen molar-refractivity contribution in [2.75, 3.05) is 13.2 Å². The van der Waals surface area contributed by atoms with Crippen LogP contribution in [-0.2, 0) is 28.6 Å². The predicted octanol–water partition coefficient (Wildman–Crippen LogP) is 3.33. The van der Waals surface area contributed by atoms with Crippen molar-refractivity contribution in [2.24, 2.45) is 0 Å². The average Bonchev–Trinajstić information content (AvgIpc) is 2.74. The molecular weight excluding hydrogens is 392 g/mol. The second kappa shape index (κ2) is 12.6. The third kappa shape index (κ3) is 9.09. The molecule has 1 saturated heterocycles. The van der Waals surface area contributed by atoms with Gasteiger partial charge in [-0.25, -0.2) is 4.79 Å². The van der Waals surface area contributed by atoms with Crippen LogP contribution in [0.1, 0.15) is 45.4 Å². The predicted molar refractivity (Wildman–Crippen MR) is 107 cm³/mol. The van der Waals surface area contributed by atoms with Crippen LogP contribution in [0.2, 0.25) is 0 Å². The molecule has 0 amide bonds. The molecule has 8 nitrogen and oxygen atoms in total. The summed E-state index contributed by atoms with van der Waals surface area (Å²) in [6.45, 7) is 5.79. The van der Waals surface area contributed by atoms with Gasteiger partial charge in [0.25, 0.3) is 0 Å². The summed E-state index contributed by atoms with van der Waals surface area (Å²) in [5.41, 5.74) is 0. The minimum atomic E-state index is -0.538. The van der Waals surface area contributed by atoms with Crippen molar-refractivity contribution in [2.45, 2.75) is 57.8 Å². The number of benzene rings is 1. The van der Waals surface area contributed by atoms with Crippen molar-refractivity contribution in [3.63, 3.8) is 0 Å². The van der Waals surface area contributed by atoms with Crippen LogP contribution in [-0.4, -0.2) is 43.5 Å². The fraction of sp³-hybridized carbons (Fsp3) is 0.500. The highest BCUT2D eigenvalue weighted by Crippen LogP contribution is 2.22. The third-order valence-electron chi connectivity index (χ3n) is 4.26. The van der Waals surface area contributed by atoms with Crippen molar-refractivity contribution < 1.29 is 38.1 Å². The van der Waals surface area contributed by atoms with Crippen LogP contribution in [0.3, 0.4) is 0 Å². The number of hydrogen-bond acceptors (Lipinski definition) is 8. The van der Waals surface area contributed by atoms with E-state index in [2.05, 4.69) is 6.58 Å². The zero-order chi connectivity index (χ0) is 21.8. The normalized spacial score (nSPS) is 16.8. The minimum absolute atomic E-state index is 0.101. The summed E-state index contributed by atoms with van der Waals surface area (Å²) < 4.78 is 26.4. The van der Waals surface area contributed by atoms with E-state index < -0.39 is 24.0 Å². The molecule has 0 N–H and O–H groups in total. The van der Waals surface area contributed by atoms with E-state index in [4.69, 9.17) is 23.7 Å². The van der Waals surface area contributed by atoms with Gasteiger partial charge in [0.2, 0.25) is 0 Å². The summed E-state index contributed by atoms with van der Waals surface area (Å²) in [6.07, 6.45) is 3.51. The summed E-state index contributed by atoms with van der Waals surface area (Å²) in [4.78, 5) is 34.7. The number of rotatable bonds is 11. The Bertz CT molecular complexity index is 706. The van der Waals surface area contributed by atoms with E-state index in [0.29, 0.717) is 24.5 Å². The first kappa shape index (κ1) is 23.4. The molecule has 164 valence electrons. The SMILES string of the molecule is C=CC(=O)OCCC(C)OC(=O)CCC(=O)Oc1ccc(OC2CCCCO2)cc1. The Balaban J connectivity index is 1.64. The maximum Gasteiger partial charge on any atom is 0.330 e. The monoisotopic (exact) mass is 420 g/mol. The Labute approximate surface area is 176 Å². The lowest BCUT2D eigenvalue weighted by Crippen LogP contribution is -2.24. The molecule has 1 fully saturated rings. The molecule has 1 aliphatic heterocycles. The Hall–Kier alpha value is -2.87. The molecule has 2 rings (SSSR count). The maximum absolute atomic E-state index is 11.9. The molecular formula is C22H28O8. The number of carbonyl (C=O) groups excluding carboxylic acids is 3. The second-order valence-electron chi connectivity index (χ2n) is 6.82. The van der Waals surface area contributed by atoms with Crippen LogP contribution >= 0.6 is 0 Å². The van der Waals surface area contributed by atoms with Gasteiger partial charge in [-0.1, -0.05) is 6.58 Å². The number of hydrogen-bond donors (Lipinski definition) is 0. The summed E-state index contributed by atoms with van der Waals surface area (Å²) >= 11 is 0. The van der Waals surface area contributed by atoms with E-state index in [9.17, 15) is 14.4 Å².